The summed E-state index contributed by atoms with van der Waals surface area (Å²) < 4.78 is 4.84. The molecular formula is C17H14O2. The molecule has 2 nitrogen and oxygen atoms in total. The normalized spacial score (nSPS) is 10.8. The van der Waals surface area contributed by atoms with Crippen LogP contribution in [0.25, 0.3) is 21.5 Å². The molecule has 3 rings (SSSR count). The Morgan fingerprint density at radius 3 is 2.32 bits per heavy atom. The molecular weight excluding hydrogens is 236 g/mol. The van der Waals surface area contributed by atoms with Crippen molar-refractivity contribution in [1.29, 1.82) is 0 Å². The Morgan fingerprint density at radius 1 is 0.947 bits per heavy atom. The van der Waals surface area contributed by atoms with E-state index in [9.17, 15) is 4.79 Å². The van der Waals surface area contributed by atoms with Gasteiger partial charge in [-0.15, -0.1) is 0 Å². The van der Waals surface area contributed by atoms with Gasteiger partial charge >= 0.3 is 5.97 Å². The summed E-state index contributed by atoms with van der Waals surface area (Å²) in [6.07, 6.45) is 0. The van der Waals surface area contributed by atoms with E-state index in [-0.39, 0.29) is 5.97 Å². The monoisotopic (exact) mass is 250 g/mol. The fourth-order valence-electron chi connectivity index (χ4n) is 2.50. The zero-order valence-electron chi connectivity index (χ0n) is 10.9. The molecule has 0 spiro atoms. The zero-order valence-corrected chi connectivity index (χ0v) is 10.9. The lowest BCUT2D eigenvalue weighted by molar-refractivity contribution is 0.0603. The van der Waals surface area contributed by atoms with Crippen molar-refractivity contribution >= 4 is 27.5 Å². The van der Waals surface area contributed by atoms with E-state index in [1.807, 2.05) is 18.2 Å². The third-order valence-electron chi connectivity index (χ3n) is 3.50. The lowest BCUT2D eigenvalue weighted by Gasteiger charge is -2.08. The molecule has 0 heterocycles. The Morgan fingerprint density at radius 2 is 1.58 bits per heavy atom. The average Bonchev–Trinajstić information content (AvgIpc) is 2.44. The van der Waals surface area contributed by atoms with Gasteiger partial charge in [0.25, 0.3) is 0 Å². The number of methoxy groups -OCH3 is 1. The molecule has 0 aliphatic carbocycles. The first-order chi connectivity index (χ1) is 9.20. The van der Waals surface area contributed by atoms with Crippen molar-refractivity contribution in [3.63, 3.8) is 0 Å². The lowest BCUT2D eigenvalue weighted by Crippen LogP contribution is -2.01. The maximum Gasteiger partial charge on any atom is 0.338 e. The standard InChI is InChI=1S/C17H14O2/c1-11-5-3-6-12-10-16-13(9-15(11)12)7-4-8-14(16)17(18)19-2/h3-10H,1-2H3. The van der Waals surface area contributed by atoms with Crippen LogP contribution in [0, 0.1) is 6.92 Å². The molecule has 0 atom stereocenters. The molecule has 3 aromatic rings. The first-order valence-corrected chi connectivity index (χ1v) is 6.21. The van der Waals surface area contributed by atoms with Crippen LogP contribution in [0.15, 0.2) is 48.5 Å². The quantitative estimate of drug-likeness (QED) is 0.480. The highest BCUT2D eigenvalue weighted by molar-refractivity contribution is 6.09. The van der Waals surface area contributed by atoms with Gasteiger partial charge in [-0.2, -0.15) is 0 Å². The van der Waals surface area contributed by atoms with Crippen molar-refractivity contribution in [3.05, 3.63) is 59.7 Å². The Hall–Kier alpha value is -2.35. The second kappa shape index (κ2) is 4.39. The van der Waals surface area contributed by atoms with Gasteiger partial charge in [-0.3, -0.25) is 0 Å². The number of carbonyl (C=O) groups excluding carboxylic acids is 1. The van der Waals surface area contributed by atoms with Crippen molar-refractivity contribution in [2.75, 3.05) is 7.11 Å². The van der Waals surface area contributed by atoms with E-state index in [1.54, 1.807) is 6.07 Å². The zero-order chi connectivity index (χ0) is 13.4. The van der Waals surface area contributed by atoms with Gasteiger partial charge in [0.2, 0.25) is 0 Å². The van der Waals surface area contributed by atoms with Gasteiger partial charge in [-0.1, -0.05) is 30.3 Å². The SMILES string of the molecule is COC(=O)c1cccc2cc3c(C)cccc3cc12. The van der Waals surface area contributed by atoms with E-state index in [4.69, 9.17) is 4.74 Å². The van der Waals surface area contributed by atoms with Crippen LogP contribution in [0.3, 0.4) is 0 Å². The molecule has 0 fully saturated rings. The molecule has 2 heteroatoms. The number of hydrogen-bond acceptors (Lipinski definition) is 2. The lowest BCUT2D eigenvalue weighted by atomic mass is 9.97. The van der Waals surface area contributed by atoms with E-state index in [2.05, 4.69) is 31.2 Å². The molecule has 0 N–H and O–H groups in total. The average molecular weight is 250 g/mol. The first-order valence-electron chi connectivity index (χ1n) is 6.21. The highest BCUT2D eigenvalue weighted by atomic mass is 16.5. The van der Waals surface area contributed by atoms with Crippen molar-refractivity contribution in [3.8, 4) is 0 Å². The van der Waals surface area contributed by atoms with Gasteiger partial charge in [-0.25, -0.2) is 4.79 Å². The second-order valence-electron chi connectivity index (χ2n) is 4.67. The van der Waals surface area contributed by atoms with Crippen molar-refractivity contribution in [2.45, 2.75) is 6.92 Å². The largest absolute Gasteiger partial charge is 0.465 e. The van der Waals surface area contributed by atoms with Gasteiger partial charge < -0.3 is 4.74 Å². The number of fused-ring (bicyclic) bond motifs is 2. The van der Waals surface area contributed by atoms with Crippen LogP contribution < -0.4 is 0 Å². The molecule has 0 saturated carbocycles. The van der Waals surface area contributed by atoms with Gasteiger partial charge in [0, 0.05) is 0 Å². The third kappa shape index (κ3) is 1.85. The van der Waals surface area contributed by atoms with Crippen LogP contribution in [0.1, 0.15) is 15.9 Å². The number of ether oxygens (including phenoxy) is 1. The topological polar surface area (TPSA) is 26.3 Å². The number of benzene rings is 3. The van der Waals surface area contributed by atoms with Crippen molar-refractivity contribution in [2.24, 2.45) is 0 Å². The third-order valence-corrected chi connectivity index (χ3v) is 3.50. The predicted octanol–water partition coefficient (Wildman–Crippen LogP) is 4.09. The van der Waals surface area contributed by atoms with Crippen molar-refractivity contribution in [1.82, 2.24) is 0 Å². The second-order valence-corrected chi connectivity index (χ2v) is 4.67. The molecule has 19 heavy (non-hydrogen) atoms. The maximum atomic E-state index is 11.8. The van der Waals surface area contributed by atoms with Crippen LogP contribution >= 0.6 is 0 Å². The highest BCUT2D eigenvalue weighted by Crippen LogP contribution is 2.27. The van der Waals surface area contributed by atoms with E-state index < -0.39 is 0 Å². The number of aryl methyl sites for hydroxylation is 1. The van der Waals surface area contributed by atoms with Crippen LogP contribution in [-0.2, 0) is 4.74 Å². The Kier molecular flexibility index (Phi) is 2.71. The Balaban J connectivity index is 2.41. The smallest absolute Gasteiger partial charge is 0.338 e. The molecule has 0 unspecified atom stereocenters. The number of rotatable bonds is 1. The first kappa shape index (κ1) is 11.7. The molecule has 0 amide bonds. The summed E-state index contributed by atoms with van der Waals surface area (Å²) >= 11 is 0. The molecule has 0 saturated heterocycles. The molecule has 3 aromatic carbocycles. The number of carbonyl (C=O) groups is 1. The summed E-state index contributed by atoms with van der Waals surface area (Å²) in [7, 11) is 1.41. The minimum Gasteiger partial charge on any atom is -0.465 e. The van der Waals surface area contributed by atoms with Gasteiger partial charge in [-0.05, 0) is 52.2 Å². The molecule has 0 bridgehead atoms. The van der Waals surface area contributed by atoms with Crippen molar-refractivity contribution < 1.29 is 9.53 Å². The molecule has 0 aliphatic heterocycles. The van der Waals surface area contributed by atoms with E-state index >= 15 is 0 Å². The van der Waals surface area contributed by atoms with Crippen LogP contribution in [-0.4, -0.2) is 13.1 Å². The fraction of sp³-hybridized carbons (Fsp3) is 0.118. The fourth-order valence-corrected chi connectivity index (χ4v) is 2.50. The van der Waals surface area contributed by atoms with E-state index in [0.29, 0.717) is 5.56 Å². The number of hydrogen-bond donors (Lipinski definition) is 0. The summed E-state index contributed by atoms with van der Waals surface area (Å²) in [5, 5.41) is 4.36. The number of esters is 1. The maximum absolute atomic E-state index is 11.8. The summed E-state index contributed by atoms with van der Waals surface area (Å²) in [5.74, 6) is -0.294. The van der Waals surface area contributed by atoms with E-state index in [1.165, 1.54) is 18.1 Å². The predicted molar refractivity (Wildman–Crippen MR) is 77.5 cm³/mol. The Bertz CT molecular complexity index is 788. The van der Waals surface area contributed by atoms with Gasteiger partial charge in [0.05, 0.1) is 12.7 Å². The minimum atomic E-state index is -0.294. The van der Waals surface area contributed by atoms with E-state index in [0.717, 1.165) is 16.2 Å². The molecule has 94 valence electrons. The minimum absolute atomic E-state index is 0.294. The molecule has 0 aliphatic rings. The summed E-state index contributed by atoms with van der Waals surface area (Å²) in [6, 6.07) is 16.1. The van der Waals surface area contributed by atoms with Crippen LogP contribution in [0.5, 0.6) is 0 Å². The van der Waals surface area contributed by atoms with Gasteiger partial charge in [0.1, 0.15) is 0 Å². The highest BCUT2D eigenvalue weighted by Gasteiger charge is 2.10. The Labute approximate surface area is 111 Å². The molecule has 0 aromatic heterocycles. The summed E-state index contributed by atoms with van der Waals surface area (Å²) in [5.41, 5.74) is 1.85. The molecule has 0 radical (unpaired) electrons. The van der Waals surface area contributed by atoms with Crippen LogP contribution in [0.2, 0.25) is 0 Å². The summed E-state index contributed by atoms with van der Waals surface area (Å²) in [4.78, 5) is 11.8. The summed E-state index contributed by atoms with van der Waals surface area (Å²) in [6.45, 7) is 2.10. The van der Waals surface area contributed by atoms with Crippen LogP contribution in [0.4, 0.5) is 0 Å². The van der Waals surface area contributed by atoms with Gasteiger partial charge in [0.15, 0.2) is 0 Å².